The fourth-order valence-electron chi connectivity index (χ4n) is 1.19. The van der Waals surface area contributed by atoms with E-state index in [4.69, 9.17) is 5.73 Å². The molecule has 0 heterocycles. The molecule has 0 saturated heterocycles. The predicted octanol–water partition coefficient (Wildman–Crippen LogP) is 2.09. The molecule has 2 heteroatoms. The molecule has 0 rings (SSSR count). The van der Waals surface area contributed by atoms with Gasteiger partial charge in [0.05, 0.1) is 0 Å². The normalized spacial score (nSPS) is 13.8. The van der Waals surface area contributed by atoms with E-state index in [1.165, 1.54) is 6.42 Å². The Labute approximate surface area is 83.5 Å². The minimum atomic E-state index is 0.223. The van der Waals surface area contributed by atoms with Gasteiger partial charge < -0.3 is 10.6 Å². The molecular formula is C11H26N2. The van der Waals surface area contributed by atoms with E-state index in [-0.39, 0.29) is 11.0 Å². The van der Waals surface area contributed by atoms with Gasteiger partial charge >= 0.3 is 0 Å². The average Bonchev–Trinajstić information content (AvgIpc) is 2.04. The number of nitrogens with zero attached hydrogens (tertiary/aromatic N) is 1. The zero-order chi connectivity index (χ0) is 10.7. The molecule has 80 valence electrons. The zero-order valence-electron chi connectivity index (χ0n) is 10.1. The lowest BCUT2D eigenvalue weighted by Crippen LogP contribution is -2.47. The van der Waals surface area contributed by atoms with Crippen LogP contribution in [0.5, 0.6) is 0 Å². The standard InChI is InChI=1S/C11H26N2/c1-7-11(4,5)13(6)9-10(2,3)8-12/h7-9,12H2,1-6H3. The first-order valence-corrected chi connectivity index (χ1v) is 5.16. The van der Waals surface area contributed by atoms with Crippen molar-refractivity contribution in [3.8, 4) is 0 Å². The van der Waals surface area contributed by atoms with Crippen LogP contribution in [0.3, 0.4) is 0 Å². The molecule has 0 fully saturated rings. The minimum Gasteiger partial charge on any atom is -0.330 e. The van der Waals surface area contributed by atoms with E-state index in [0.29, 0.717) is 0 Å². The van der Waals surface area contributed by atoms with Gasteiger partial charge in [0.1, 0.15) is 0 Å². The molecule has 0 amide bonds. The van der Waals surface area contributed by atoms with Crippen LogP contribution in [0.1, 0.15) is 41.0 Å². The van der Waals surface area contributed by atoms with Gasteiger partial charge in [-0.15, -0.1) is 0 Å². The molecule has 0 saturated carbocycles. The molecule has 2 N–H and O–H groups in total. The molecule has 0 unspecified atom stereocenters. The first kappa shape index (κ1) is 12.9. The summed E-state index contributed by atoms with van der Waals surface area (Å²) in [4.78, 5) is 2.40. The molecule has 0 aromatic carbocycles. The van der Waals surface area contributed by atoms with Gasteiger partial charge in [-0.2, -0.15) is 0 Å². The third kappa shape index (κ3) is 4.10. The van der Waals surface area contributed by atoms with Crippen LogP contribution in [0.4, 0.5) is 0 Å². The van der Waals surface area contributed by atoms with Gasteiger partial charge in [0.25, 0.3) is 0 Å². The Morgan fingerprint density at radius 1 is 1.15 bits per heavy atom. The lowest BCUT2D eigenvalue weighted by Gasteiger charge is -2.39. The predicted molar refractivity (Wildman–Crippen MR) is 59.8 cm³/mol. The second kappa shape index (κ2) is 4.43. The van der Waals surface area contributed by atoms with E-state index in [0.717, 1.165) is 13.1 Å². The first-order chi connectivity index (χ1) is 5.75. The summed E-state index contributed by atoms with van der Waals surface area (Å²) in [5.41, 5.74) is 6.22. The Morgan fingerprint density at radius 3 is 1.92 bits per heavy atom. The van der Waals surface area contributed by atoms with Gasteiger partial charge in [0.2, 0.25) is 0 Å². The van der Waals surface area contributed by atoms with Crippen molar-refractivity contribution < 1.29 is 0 Å². The van der Waals surface area contributed by atoms with Crippen LogP contribution < -0.4 is 5.73 Å². The van der Waals surface area contributed by atoms with Crippen LogP contribution in [0.2, 0.25) is 0 Å². The summed E-state index contributed by atoms with van der Waals surface area (Å²) >= 11 is 0. The maximum Gasteiger partial charge on any atom is 0.0147 e. The first-order valence-electron chi connectivity index (χ1n) is 5.16. The van der Waals surface area contributed by atoms with Crippen molar-refractivity contribution in [1.29, 1.82) is 0 Å². The number of hydrogen-bond donors (Lipinski definition) is 1. The van der Waals surface area contributed by atoms with Crippen molar-refractivity contribution in [2.75, 3.05) is 20.1 Å². The van der Waals surface area contributed by atoms with Gasteiger partial charge in [0.15, 0.2) is 0 Å². The minimum absolute atomic E-state index is 0.223. The molecule has 0 aliphatic heterocycles. The molecule has 0 aliphatic carbocycles. The van der Waals surface area contributed by atoms with Crippen LogP contribution in [-0.4, -0.2) is 30.6 Å². The van der Waals surface area contributed by atoms with E-state index in [2.05, 4.69) is 46.6 Å². The van der Waals surface area contributed by atoms with E-state index < -0.39 is 0 Å². The molecule has 0 bridgehead atoms. The molecule has 2 nitrogen and oxygen atoms in total. The van der Waals surface area contributed by atoms with Crippen LogP contribution >= 0.6 is 0 Å². The number of nitrogens with two attached hydrogens (primary N) is 1. The maximum atomic E-state index is 5.71. The van der Waals surface area contributed by atoms with Gasteiger partial charge in [-0.25, -0.2) is 0 Å². The highest BCUT2D eigenvalue weighted by Gasteiger charge is 2.26. The summed E-state index contributed by atoms with van der Waals surface area (Å²) in [5.74, 6) is 0. The molecule has 0 aromatic heterocycles. The SMILES string of the molecule is CCC(C)(C)N(C)CC(C)(C)CN. The Balaban J connectivity index is 4.22. The van der Waals surface area contributed by atoms with Crippen LogP contribution in [0, 0.1) is 5.41 Å². The molecule has 0 spiro atoms. The Hall–Kier alpha value is -0.0800. The van der Waals surface area contributed by atoms with Crippen LogP contribution in [0.15, 0.2) is 0 Å². The number of hydrogen-bond acceptors (Lipinski definition) is 2. The van der Waals surface area contributed by atoms with Crippen LogP contribution in [-0.2, 0) is 0 Å². The van der Waals surface area contributed by atoms with Gasteiger partial charge in [-0.05, 0) is 39.3 Å². The Bertz CT molecular complexity index is 150. The second-order valence-electron chi connectivity index (χ2n) is 5.39. The summed E-state index contributed by atoms with van der Waals surface area (Å²) in [6, 6.07) is 0. The summed E-state index contributed by atoms with van der Waals surface area (Å²) in [6.07, 6.45) is 1.17. The fraction of sp³-hybridized carbons (Fsp3) is 1.00. The van der Waals surface area contributed by atoms with Gasteiger partial charge in [-0.1, -0.05) is 20.8 Å². The third-order valence-corrected chi connectivity index (χ3v) is 3.12. The quantitative estimate of drug-likeness (QED) is 0.712. The van der Waals surface area contributed by atoms with E-state index in [9.17, 15) is 0 Å². The number of rotatable bonds is 5. The summed E-state index contributed by atoms with van der Waals surface area (Å²) in [5, 5.41) is 0. The molecule has 0 aromatic rings. The Morgan fingerprint density at radius 2 is 1.62 bits per heavy atom. The smallest absolute Gasteiger partial charge is 0.0147 e. The van der Waals surface area contributed by atoms with E-state index in [1.807, 2.05) is 0 Å². The van der Waals surface area contributed by atoms with Gasteiger partial charge in [-0.3, -0.25) is 0 Å². The lowest BCUT2D eigenvalue weighted by molar-refractivity contribution is 0.101. The summed E-state index contributed by atoms with van der Waals surface area (Å²) in [6.45, 7) is 13.0. The van der Waals surface area contributed by atoms with Crippen molar-refractivity contribution in [3.63, 3.8) is 0 Å². The van der Waals surface area contributed by atoms with Crippen molar-refractivity contribution in [3.05, 3.63) is 0 Å². The van der Waals surface area contributed by atoms with E-state index in [1.54, 1.807) is 0 Å². The van der Waals surface area contributed by atoms with Crippen molar-refractivity contribution in [1.82, 2.24) is 4.90 Å². The molecule has 0 atom stereocenters. The second-order valence-corrected chi connectivity index (χ2v) is 5.39. The molecule has 0 aliphatic rings. The average molecular weight is 186 g/mol. The van der Waals surface area contributed by atoms with Crippen molar-refractivity contribution in [2.45, 2.75) is 46.6 Å². The summed E-state index contributed by atoms with van der Waals surface area (Å²) in [7, 11) is 2.18. The lowest BCUT2D eigenvalue weighted by atomic mass is 9.90. The highest BCUT2D eigenvalue weighted by Crippen LogP contribution is 2.22. The molecule has 0 radical (unpaired) electrons. The zero-order valence-corrected chi connectivity index (χ0v) is 10.1. The monoisotopic (exact) mass is 186 g/mol. The van der Waals surface area contributed by atoms with Gasteiger partial charge in [0, 0.05) is 12.1 Å². The third-order valence-electron chi connectivity index (χ3n) is 3.12. The van der Waals surface area contributed by atoms with E-state index >= 15 is 0 Å². The van der Waals surface area contributed by atoms with Crippen molar-refractivity contribution in [2.24, 2.45) is 11.1 Å². The maximum absolute atomic E-state index is 5.71. The molecular weight excluding hydrogens is 160 g/mol. The highest BCUT2D eigenvalue weighted by atomic mass is 15.2. The topological polar surface area (TPSA) is 29.3 Å². The van der Waals surface area contributed by atoms with Crippen molar-refractivity contribution >= 4 is 0 Å². The fourth-order valence-corrected chi connectivity index (χ4v) is 1.19. The largest absolute Gasteiger partial charge is 0.330 e. The highest BCUT2D eigenvalue weighted by molar-refractivity contribution is 4.82. The van der Waals surface area contributed by atoms with Crippen LogP contribution in [0.25, 0.3) is 0 Å². The summed E-state index contributed by atoms with van der Waals surface area (Å²) < 4.78 is 0. The Kier molecular flexibility index (Phi) is 4.40. The molecule has 13 heavy (non-hydrogen) atoms.